The fourth-order valence-corrected chi connectivity index (χ4v) is 11.9. The molecule has 0 saturated heterocycles. The monoisotopic (exact) mass is 599 g/mol. The van der Waals surface area contributed by atoms with Crippen LogP contribution in [0.5, 0.6) is 0 Å². The number of nitrogens with zero attached hydrogens (tertiary/aromatic N) is 1. The highest BCUT2D eigenvalue weighted by molar-refractivity contribution is 6.77. The van der Waals surface area contributed by atoms with Gasteiger partial charge in [0.2, 0.25) is 0 Å². The summed E-state index contributed by atoms with van der Waals surface area (Å²) in [7, 11) is 2.35. The quantitative estimate of drug-likeness (QED) is 0.0295. The predicted octanol–water partition coefficient (Wildman–Crippen LogP) is 10.2. The van der Waals surface area contributed by atoms with Gasteiger partial charge in [0.1, 0.15) is 0 Å². The van der Waals surface area contributed by atoms with Gasteiger partial charge in [-0.1, -0.05) is 103 Å². The Balaban J connectivity index is 4.31. The Kier molecular flexibility index (Phi) is 23.8. The number of rotatable bonds is 28. The first-order valence-corrected chi connectivity index (χ1v) is 23.1. The summed E-state index contributed by atoms with van der Waals surface area (Å²) in [5, 5.41) is 0. The summed E-state index contributed by atoms with van der Waals surface area (Å²) in [6.07, 6.45) is 25.7. The van der Waals surface area contributed by atoms with Gasteiger partial charge in [-0.3, -0.25) is 0 Å². The zero-order valence-corrected chi connectivity index (χ0v) is 30.7. The lowest BCUT2D eigenvalue weighted by Crippen LogP contribution is -2.49. The molecule has 0 bridgehead atoms. The maximum absolute atomic E-state index is 11.8. The molecular weight excluding hydrogens is 527 g/mol. The van der Waals surface area contributed by atoms with Gasteiger partial charge in [0.25, 0.3) is 0 Å². The van der Waals surface area contributed by atoms with Gasteiger partial charge in [0, 0.05) is 12.0 Å². The Morgan fingerprint density at radius 1 is 0.775 bits per heavy atom. The van der Waals surface area contributed by atoms with E-state index in [2.05, 4.69) is 53.8 Å². The molecule has 0 aliphatic rings. The van der Waals surface area contributed by atoms with Crippen molar-refractivity contribution in [1.82, 2.24) is 0 Å². The minimum Gasteiger partial charge on any atom is -0.462 e. The molecule has 0 aliphatic heterocycles. The van der Waals surface area contributed by atoms with E-state index in [4.69, 9.17) is 8.85 Å². The maximum Gasteiger partial charge on any atom is 0.333 e. The molecule has 0 aromatic heterocycles. The molecule has 4 nitrogen and oxygen atoms in total. The van der Waals surface area contributed by atoms with Crippen molar-refractivity contribution in [3.05, 3.63) is 12.2 Å². The number of hydrogen-bond acceptors (Lipinski definition) is 3. The van der Waals surface area contributed by atoms with Gasteiger partial charge >= 0.3 is 5.97 Å². The van der Waals surface area contributed by atoms with Crippen molar-refractivity contribution in [2.24, 2.45) is 0 Å². The van der Waals surface area contributed by atoms with Crippen LogP contribution < -0.4 is 0 Å². The molecule has 0 radical (unpaired) electrons. The van der Waals surface area contributed by atoms with E-state index in [-0.39, 0.29) is 5.97 Å². The molecule has 40 heavy (non-hydrogen) atoms. The largest absolute Gasteiger partial charge is 0.462 e. The number of quaternary nitrogens is 1. The molecule has 0 heterocycles. The van der Waals surface area contributed by atoms with Crippen LogP contribution in [0.25, 0.3) is 0 Å². The van der Waals surface area contributed by atoms with Crippen LogP contribution in [0.3, 0.4) is 0 Å². The second-order valence-electron chi connectivity index (χ2n) is 14.1. The highest BCUT2D eigenvalue weighted by Gasteiger charge is 2.28. The first-order chi connectivity index (χ1) is 18.9. The molecule has 0 aliphatic carbocycles. The van der Waals surface area contributed by atoms with Gasteiger partial charge in [-0.25, -0.2) is 4.79 Å². The van der Waals surface area contributed by atoms with Gasteiger partial charge in [-0.2, -0.15) is 0 Å². The molecule has 0 spiro atoms. The van der Waals surface area contributed by atoms with Crippen LogP contribution in [-0.4, -0.2) is 61.1 Å². The Morgan fingerprint density at radius 2 is 1.23 bits per heavy atom. The standard InChI is InChI=1S/C34H72NO3Si2/c1-10-11-12-13-14-15-16-17-18-19-20-21-22-23-24-27-33(28-25-30-37-34(36)32(2)3)35(4,5)29-26-31-39(6)38-40(7,8)9/h33,39H,2,10-31H2,1,3-9H3/q+1. The summed E-state index contributed by atoms with van der Waals surface area (Å²) in [5.41, 5.74) is 0.490. The SMILES string of the molecule is C=C(C)C(=O)OCCCC(CCCCCCCCCCCCCCCCC)[N+](C)(C)CCC[SiH](C)O[Si](C)(C)C. The fraction of sp³-hybridized carbons (Fsp3) is 0.912. The van der Waals surface area contributed by atoms with Crippen LogP contribution in [0.4, 0.5) is 0 Å². The third-order valence-electron chi connectivity index (χ3n) is 8.29. The molecule has 0 fully saturated rings. The van der Waals surface area contributed by atoms with E-state index in [1.54, 1.807) is 6.92 Å². The van der Waals surface area contributed by atoms with E-state index in [0.717, 1.165) is 17.3 Å². The van der Waals surface area contributed by atoms with Crippen LogP contribution in [0.2, 0.25) is 32.2 Å². The van der Waals surface area contributed by atoms with Crippen molar-refractivity contribution < 1.29 is 18.1 Å². The minimum atomic E-state index is -1.42. The molecule has 0 aromatic rings. The third-order valence-corrected chi connectivity index (χ3v) is 14.0. The summed E-state index contributed by atoms with van der Waals surface area (Å²) >= 11 is 0. The Hall–Kier alpha value is -0.436. The number of carbonyl (C=O) groups is 1. The minimum absolute atomic E-state index is 0.256. The van der Waals surface area contributed by atoms with Crippen molar-refractivity contribution >= 4 is 23.3 Å². The van der Waals surface area contributed by atoms with Gasteiger partial charge in [-0.05, 0) is 64.8 Å². The molecule has 6 heteroatoms. The molecule has 0 aromatic carbocycles. The van der Waals surface area contributed by atoms with Gasteiger partial charge in [0.15, 0.2) is 17.4 Å². The average Bonchev–Trinajstić information content (AvgIpc) is 2.85. The highest BCUT2D eigenvalue weighted by Crippen LogP contribution is 2.22. The Bertz CT molecular complexity index is 633. The first-order valence-electron chi connectivity index (χ1n) is 17.2. The summed E-state index contributed by atoms with van der Waals surface area (Å²) in [5.74, 6) is -0.256. The number of hydrogen-bond donors (Lipinski definition) is 0. The second kappa shape index (κ2) is 24.1. The Labute approximate surface area is 254 Å². The summed E-state index contributed by atoms with van der Waals surface area (Å²) in [4.78, 5) is 11.8. The van der Waals surface area contributed by atoms with Crippen LogP contribution in [0, 0.1) is 0 Å². The smallest absolute Gasteiger partial charge is 0.333 e. The normalized spacial score (nSPS) is 13.8. The van der Waals surface area contributed by atoms with E-state index in [0.29, 0.717) is 18.2 Å². The predicted molar refractivity (Wildman–Crippen MR) is 182 cm³/mol. The van der Waals surface area contributed by atoms with Crippen LogP contribution in [0.15, 0.2) is 12.2 Å². The number of esters is 1. The molecular formula is C34H72NO3Si2+. The summed E-state index contributed by atoms with van der Waals surface area (Å²) < 4.78 is 12.9. The van der Waals surface area contributed by atoms with Crippen molar-refractivity contribution in [2.75, 3.05) is 27.2 Å². The zero-order chi connectivity index (χ0) is 30.3. The van der Waals surface area contributed by atoms with Gasteiger partial charge < -0.3 is 13.3 Å². The molecule has 0 N–H and O–H groups in total. The summed E-state index contributed by atoms with van der Waals surface area (Å²) in [6, 6.07) is 1.90. The molecule has 0 amide bonds. The van der Waals surface area contributed by atoms with Gasteiger partial charge in [-0.15, -0.1) is 0 Å². The second-order valence-corrected chi connectivity index (χ2v) is 21.5. The van der Waals surface area contributed by atoms with Crippen molar-refractivity contribution in [3.8, 4) is 0 Å². The lowest BCUT2D eigenvalue weighted by molar-refractivity contribution is -0.915. The molecule has 0 rings (SSSR count). The van der Waals surface area contributed by atoms with E-state index >= 15 is 0 Å². The van der Waals surface area contributed by atoms with Crippen molar-refractivity contribution in [3.63, 3.8) is 0 Å². The number of carbonyl (C=O) groups excluding carboxylic acids is 1. The highest BCUT2D eigenvalue weighted by atomic mass is 28.4. The van der Waals surface area contributed by atoms with E-state index in [1.807, 2.05) is 0 Å². The lowest BCUT2D eigenvalue weighted by Gasteiger charge is -2.39. The van der Waals surface area contributed by atoms with Crippen LogP contribution >= 0.6 is 0 Å². The lowest BCUT2D eigenvalue weighted by atomic mass is 9.99. The van der Waals surface area contributed by atoms with E-state index in [1.165, 1.54) is 122 Å². The zero-order valence-electron chi connectivity index (χ0n) is 28.6. The van der Waals surface area contributed by atoms with Crippen molar-refractivity contribution in [1.29, 1.82) is 0 Å². The third kappa shape index (κ3) is 24.2. The summed E-state index contributed by atoms with van der Waals surface area (Å²) in [6.45, 7) is 18.7. The van der Waals surface area contributed by atoms with Gasteiger partial charge in [0.05, 0.1) is 33.3 Å². The van der Waals surface area contributed by atoms with Crippen molar-refractivity contribution in [2.45, 2.75) is 174 Å². The molecule has 2 atom stereocenters. The van der Waals surface area contributed by atoms with E-state index < -0.39 is 17.4 Å². The van der Waals surface area contributed by atoms with Crippen LogP contribution in [0.1, 0.15) is 136 Å². The first kappa shape index (κ1) is 39.6. The molecule has 238 valence electrons. The van der Waals surface area contributed by atoms with E-state index in [9.17, 15) is 4.79 Å². The average molecular weight is 599 g/mol. The fourth-order valence-electron chi connectivity index (χ4n) is 5.83. The molecule has 2 unspecified atom stereocenters. The molecule has 0 saturated carbocycles. The number of unbranched alkanes of at least 4 members (excludes halogenated alkanes) is 14. The Morgan fingerprint density at radius 3 is 1.68 bits per heavy atom. The maximum atomic E-state index is 11.8. The number of ether oxygens (including phenoxy) is 1. The van der Waals surface area contributed by atoms with Crippen LogP contribution in [-0.2, 0) is 13.6 Å². The topological polar surface area (TPSA) is 35.5 Å².